The molecular formula is C13H22N2. The van der Waals surface area contributed by atoms with Crippen LogP contribution in [-0.4, -0.2) is 6.04 Å². The number of nitrogens with one attached hydrogen (secondary N) is 1. The van der Waals surface area contributed by atoms with Gasteiger partial charge in [0.2, 0.25) is 0 Å². The number of hydrogen-bond donors (Lipinski definition) is 2. The van der Waals surface area contributed by atoms with Crippen molar-refractivity contribution in [3.8, 4) is 0 Å². The molecule has 0 aliphatic carbocycles. The molecule has 0 radical (unpaired) electrons. The molecule has 0 aliphatic rings. The standard InChI is InChI=1S/C13H22N2/c1-4-13(10(2)3)15-9-11-7-5-6-8-12(11)14/h5-8,10,13,15H,4,9,14H2,1-3H3. The maximum absolute atomic E-state index is 5.88. The Hall–Kier alpha value is -1.02. The zero-order valence-electron chi connectivity index (χ0n) is 9.96. The molecule has 1 rings (SSSR count). The molecule has 1 unspecified atom stereocenters. The number of para-hydroxylation sites is 1. The van der Waals surface area contributed by atoms with Gasteiger partial charge in [0, 0.05) is 18.3 Å². The molecule has 2 heteroatoms. The van der Waals surface area contributed by atoms with Crippen molar-refractivity contribution in [3.63, 3.8) is 0 Å². The molecule has 0 aliphatic heterocycles. The lowest BCUT2D eigenvalue weighted by molar-refractivity contribution is 0.388. The van der Waals surface area contributed by atoms with Crippen LogP contribution in [0.1, 0.15) is 32.8 Å². The number of rotatable bonds is 5. The minimum Gasteiger partial charge on any atom is -0.398 e. The SMILES string of the molecule is CCC(NCc1ccccc1N)C(C)C. The minimum atomic E-state index is 0.574. The number of anilines is 1. The van der Waals surface area contributed by atoms with Gasteiger partial charge in [-0.1, -0.05) is 39.0 Å². The Balaban J connectivity index is 2.53. The van der Waals surface area contributed by atoms with E-state index in [2.05, 4.69) is 32.2 Å². The molecule has 1 atom stereocenters. The van der Waals surface area contributed by atoms with Crippen molar-refractivity contribution in [2.75, 3.05) is 5.73 Å². The summed E-state index contributed by atoms with van der Waals surface area (Å²) >= 11 is 0. The molecular weight excluding hydrogens is 184 g/mol. The third-order valence-electron chi connectivity index (χ3n) is 2.85. The molecule has 0 saturated carbocycles. The molecule has 1 aromatic rings. The number of benzene rings is 1. The van der Waals surface area contributed by atoms with Gasteiger partial charge in [-0.15, -0.1) is 0 Å². The fourth-order valence-corrected chi connectivity index (χ4v) is 1.79. The van der Waals surface area contributed by atoms with Crippen LogP contribution in [0, 0.1) is 5.92 Å². The quantitative estimate of drug-likeness (QED) is 0.727. The second-order valence-electron chi connectivity index (χ2n) is 4.34. The molecule has 0 bridgehead atoms. The highest BCUT2D eigenvalue weighted by atomic mass is 14.9. The molecule has 3 N–H and O–H groups in total. The molecule has 0 aromatic heterocycles. The summed E-state index contributed by atoms with van der Waals surface area (Å²) in [7, 11) is 0. The first-order valence-electron chi connectivity index (χ1n) is 5.72. The van der Waals surface area contributed by atoms with E-state index in [0.717, 1.165) is 18.7 Å². The van der Waals surface area contributed by atoms with Gasteiger partial charge in [-0.05, 0) is 24.0 Å². The van der Waals surface area contributed by atoms with Gasteiger partial charge in [0.05, 0.1) is 0 Å². The Morgan fingerprint density at radius 2 is 1.93 bits per heavy atom. The van der Waals surface area contributed by atoms with E-state index in [1.165, 1.54) is 5.56 Å². The number of nitrogens with two attached hydrogens (primary N) is 1. The molecule has 2 nitrogen and oxygen atoms in total. The highest BCUT2D eigenvalue weighted by Crippen LogP contribution is 2.12. The second-order valence-corrected chi connectivity index (χ2v) is 4.34. The van der Waals surface area contributed by atoms with Crippen molar-refractivity contribution in [1.82, 2.24) is 5.32 Å². The van der Waals surface area contributed by atoms with Crippen molar-refractivity contribution < 1.29 is 0 Å². The van der Waals surface area contributed by atoms with Gasteiger partial charge < -0.3 is 11.1 Å². The zero-order chi connectivity index (χ0) is 11.3. The van der Waals surface area contributed by atoms with E-state index >= 15 is 0 Å². The summed E-state index contributed by atoms with van der Waals surface area (Å²) in [6.07, 6.45) is 1.16. The maximum atomic E-state index is 5.88. The van der Waals surface area contributed by atoms with Crippen LogP contribution in [0.4, 0.5) is 5.69 Å². The fourth-order valence-electron chi connectivity index (χ4n) is 1.79. The van der Waals surface area contributed by atoms with Crippen molar-refractivity contribution in [1.29, 1.82) is 0 Å². The van der Waals surface area contributed by atoms with Gasteiger partial charge in [0.25, 0.3) is 0 Å². The summed E-state index contributed by atoms with van der Waals surface area (Å²) in [5.41, 5.74) is 7.95. The first-order chi connectivity index (χ1) is 7.15. The predicted molar refractivity (Wildman–Crippen MR) is 66.6 cm³/mol. The predicted octanol–water partition coefficient (Wildman–Crippen LogP) is 2.79. The van der Waals surface area contributed by atoms with Gasteiger partial charge in [-0.25, -0.2) is 0 Å². The van der Waals surface area contributed by atoms with Gasteiger partial charge in [-0.3, -0.25) is 0 Å². The Labute approximate surface area is 92.9 Å². The highest BCUT2D eigenvalue weighted by Gasteiger charge is 2.10. The van der Waals surface area contributed by atoms with E-state index in [1.54, 1.807) is 0 Å². The zero-order valence-corrected chi connectivity index (χ0v) is 9.96. The van der Waals surface area contributed by atoms with Crippen LogP contribution < -0.4 is 11.1 Å². The summed E-state index contributed by atoms with van der Waals surface area (Å²) in [5, 5.41) is 3.55. The summed E-state index contributed by atoms with van der Waals surface area (Å²) in [5.74, 6) is 0.667. The minimum absolute atomic E-state index is 0.574. The number of nitrogen functional groups attached to an aromatic ring is 1. The van der Waals surface area contributed by atoms with E-state index in [9.17, 15) is 0 Å². The first-order valence-corrected chi connectivity index (χ1v) is 5.72. The third-order valence-corrected chi connectivity index (χ3v) is 2.85. The lowest BCUT2D eigenvalue weighted by Crippen LogP contribution is -2.32. The van der Waals surface area contributed by atoms with Crippen molar-refractivity contribution in [2.45, 2.75) is 39.8 Å². The molecule has 15 heavy (non-hydrogen) atoms. The second kappa shape index (κ2) is 5.76. The third kappa shape index (κ3) is 3.56. The summed E-state index contributed by atoms with van der Waals surface area (Å²) in [6, 6.07) is 8.61. The van der Waals surface area contributed by atoms with Crippen molar-refractivity contribution in [2.24, 2.45) is 5.92 Å². The van der Waals surface area contributed by atoms with Crippen LogP contribution in [0.3, 0.4) is 0 Å². The van der Waals surface area contributed by atoms with E-state index in [4.69, 9.17) is 5.73 Å². The van der Waals surface area contributed by atoms with Crippen molar-refractivity contribution >= 4 is 5.69 Å². The molecule has 0 saturated heterocycles. The molecule has 0 fully saturated rings. The fraction of sp³-hybridized carbons (Fsp3) is 0.538. The molecule has 0 amide bonds. The van der Waals surface area contributed by atoms with Crippen LogP contribution in [0.15, 0.2) is 24.3 Å². The molecule has 1 aromatic carbocycles. The topological polar surface area (TPSA) is 38.0 Å². The number of hydrogen-bond acceptors (Lipinski definition) is 2. The van der Waals surface area contributed by atoms with E-state index in [-0.39, 0.29) is 0 Å². The summed E-state index contributed by atoms with van der Waals surface area (Å²) in [6.45, 7) is 7.57. The highest BCUT2D eigenvalue weighted by molar-refractivity contribution is 5.46. The van der Waals surface area contributed by atoms with E-state index in [0.29, 0.717) is 12.0 Å². The van der Waals surface area contributed by atoms with Crippen LogP contribution in [0.5, 0.6) is 0 Å². The van der Waals surface area contributed by atoms with E-state index < -0.39 is 0 Å². The monoisotopic (exact) mass is 206 g/mol. The van der Waals surface area contributed by atoms with E-state index in [1.807, 2.05) is 18.2 Å². The molecule has 0 heterocycles. The Bertz CT molecular complexity index is 294. The smallest absolute Gasteiger partial charge is 0.0359 e. The van der Waals surface area contributed by atoms with Gasteiger partial charge >= 0.3 is 0 Å². The van der Waals surface area contributed by atoms with Crippen LogP contribution in [0.2, 0.25) is 0 Å². The first kappa shape index (κ1) is 12.1. The Morgan fingerprint density at radius 3 is 2.47 bits per heavy atom. The molecule has 0 spiro atoms. The normalized spacial score (nSPS) is 13.1. The van der Waals surface area contributed by atoms with Gasteiger partial charge in [0.15, 0.2) is 0 Å². The molecule has 84 valence electrons. The largest absolute Gasteiger partial charge is 0.398 e. The van der Waals surface area contributed by atoms with Crippen LogP contribution in [-0.2, 0) is 6.54 Å². The van der Waals surface area contributed by atoms with Crippen LogP contribution >= 0.6 is 0 Å². The van der Waals surface area contributed by atoms with Crippen molar-refractivity contribution in [3.05, 3.63) is 29.8 Å². The lowest BCUT2D eigenvalue weighted by atomic mass is 10.0. The maximum Gasteiger partial charge on any atom is 0.0359 e. The average Bonchev–Trinajstić information content (AvgIpc) is 2.21. The average molecular weight is 206 g/mol. The lowest BCUT2D eigenvalue weighted by Gasteiger charge is -2.21. The van der Waals surface area contributed by atoms with Crippen LogP contribution in [0.25, 0.3) is 0 Å². The Morgan fingerprint density at radius 1 is 1.27 bits per heavy atom. The summed E-state index contributed by atoms with van der Waals surface area (Å²) < 4.78 is 0. The Kier molecular flexibility index (Phi) is 4.63. The van der Waals surface area contributed by atoms with Gasteiger partial charge in [0.1, 0.15) is 0 Å². The summed E-state index contributed by atoms with van der Waals surface area (Å²) in [4.78, 5) is 0. The van der Waals surface area contributed by atoms with Gasteiger partial charge in [-0.2, -0.15) is 0 Å².